The Morgan fingerprint density at radius 3 is 2.78 bits per heavy atom. The van der Waals surface area contributed by atoms with Crippen LogP contribution in [0.5, 0.6) is 11.5 Å². The standard InChI is InChI=1S/C20H19BrCl2FN5O3/c21-19-17(28-15(29-19)9-26-3-4-30)20(31)27-8-10-1-2-14(23)18(16(10)24)32-13-6-11(22)5-12(25)7-13/h1-2,5-7,26,30H,3-4,8-9,25H2,(H,27,31)(H,28,29). The lowest BCUT2D eigenvalue weighted by atomic mass is 10.2. The largest absolute Gasteiger partial charge is 0.453 e. The summed E-state index contributed by atoms with van der Waals surface area (Å²) in [7, 11) is 0. The maximum absolute atomic E-state index is 15.0. The molecule has 0 spiro atoms. The van der Waals surface area contributed by atoms with Crippen LogP contribution in [-0.4, -0.2) is 34.1 Å². The molecule has 0 unspecified atom stereocenters. The van der Waals surface area contributed by atoms with Gasteiger partial charge in [0.25, 0.3) is 5.91 Å². The van der Waals surface area contributed by atoms with Crippen LogP contribution in [0.4, 0.5) is 10.1 Å². The van der Waals surface area contributed by atoms with E-state index >= 15 is 4.39 Å². The molecule has 0 bridgehead atoms. The number of hydrogen-bond acceptors (Lipinski definition) is 6. The lowest BCUT2D eigenvalue weighted by Crippen LogP contribution is -2.24. The fraction of sp³-hybridized carbons (Fsp3) is 0.200. The molecule has 6 N–H and O–H groups in total. The minimum atomic E-state index is -0.730. The number of carbonyl (C=O) groups excluding carboxylic acids is 1. The SMILES string of the molecule is Nc1cc(Cl)cc(Oc2c(Cl)ccc(CNC(=O)c3nc(CNCCO)[nH]c3Br)c2F)c1. The van der Waals surface area contributed by atoms with E-state index in [0.29, 0.717) is 34.2 Å². The number of rotatable bonds is 9. The average Bonchev–Trinajstić information content (AvgIpc) is 3.10. The highest BCUT2D eigenvalue weighted by Crippen LogP contribution is 2.35. The number of hydrogen-bond donors (Lipinski definition) is 5. The summed E-state index contributed by atoms with van der Waals surface area (Å²) >= 11 is 15.3. The molecule has 0 aliphatic heterocycles. The highest BCUT2D eigenvalue weighted by molar-refractivity contribution is 9.10. The van der Waals surface area contributed by atoms with E-state index in [1.54, 1.807) is 0 Å². The number of nitrogens with one attached hydrogen (secondary N) is 3. The van der Waals surface area contributed by atoms with Crippen molar-refractivity contribution in [3.8, 4) is 11.5 Å². The summed E-state index contributed by atoms with van der Waals surface area (Å²) in [5.41, 5.74) is 6.36. The molecule has 8 nitrogen and oxygen atoms in total. The summed E-state index contributed by atoms with van der Waals surface area (Å²) in [6.07, 6.45) is 0. The second-order valence-corrected chi connectivity index (χ2v) is 8.24. The monoisotopic (exact) mass is 545 g/mol. The summed E-state index contributed by atoms with van der Waals surface area (Å²) in [6, 6.07) is 7.40. The van der Waals surface area contributed by atoms with Gasteiger partial charge in [-0.2, -0.15) is 0 Å². The van der Waals surface area contributed by atoms with Crippen molar-refractivity contribution in [2.45, 2.75) is 13.1 Å². The van der Waals surface area contributed by atoms with Crippen LogP contribution in [-0.2, 0) is 13.1 Å². The van der Waals surface area contributed by atoms with Crippen molar-refractivity contribution >= 4 is 50.7 Å². The first-order valence-corrected chi connectivity index (χ1v) is 10.9. The van der Waals surface area contributed by atoms with Crippen molar-refractivity contribution in [3.05, 3.63) is 67.9 Å². The van der Waals surface area contributed by atoms with Crippen LogP contribution < -0.4 is 21.1 Å². The van der Waals surface area contributed by atoms with Crippen LogP contribution in [0.1, 0.15) is 21.9 Å². The molecule has 3 aromatic rings. The zero-order valence-corrected chi connectivity index (χ0v) is 19.6. The third-order valence-electron chi connectivity index (χ3n) is 4.19. The highest BCUT2D eigenvalue weighted by atomic mass is 79.9. The molecule has 3 rings (SSSR count). The molecule has 1 aromatic heterocycles. The molecular formula is C20H19BrCl2FN5O3. The molecule has 0 saturated heterocycles. The van der Waals surface area contributed by atoms with E-state index in [9.17, 15) is 4.79 Å². The van der Waals surface area contributed by atoms with Crippen LogP contribution in [0, 0.1) is 5.82 Å². The van der Waals surface area contributed by atoms with E-state index in [2.05, 4.69) is 36.5 Å². The van der Waals surface area contributed by atoms with Crippen LogP contribution in [0.25, 0.3) is 0 Å². The first-order chi connectivity index (χ1) is 15.3. The molecular weight excluding hydrogens is 528 g/mol. The second kappa shape index (κ2) is 11.0. The van der Waals surface area contributed by atoms with Gasteiger partial charge in [0.2, 0.25) is 0 Å². The number of aliphatic hydroxyl groups is 1. The number of halogens is 4. The number of ether oxygens (including phenoxy) is 1. The zero-order valence-electron chi connectivity index (χ0n) is 16.5. The van der Waals surface area contributed by atoms with E-state index in [1.165, 1.54) is 30.3 Å². The third-order valence-corrected chi connectivity index (χ3v) is 5.28. The van der Waals surface area contributed by atoms with E-state index < -0.39 is 11.7 Å². The van der Waals surface area contributed by atoms with Gasteiger partial charge in [-0.3, -0.25) is 4.79 Å². The molecule has 1 amide bonds. The van der Waals surface area contributed by atoms with Crippen molar-refractivity contribution in [2.75, 3.05) is 18.9 Å². The minimum absolute atomic E-state index is 0.0156. The molecule has 12 heteroatoms. The van der Waals surface area contributed by atoms with Gasteiger partial charge in [-0.1, -0.05) is 29.3 Å². The van der Waals surface area contributed by atoms with E-state index in [1.807, 2.05) is 0 Å². The van der Waals surface area contributed by atoms with Crippen LogP contribution in [0.15, 0.2) is 34.9 Å². The fourth-order valence-corrected chi connectivity index (χ4v) is 3.66. The predicted octanol–water partition coefficient (Wildman–Crippen LogP) is 4.00. The summed E-state index contributed by atoms with van der Waals surface area (Å²) < 4.78 is 21.0. The molecule has 0 fully saturated rings. The van der Waals surface area contributed by atoms with Crippen LogP contribution >= 0.6 is 39.1 Å². The molecule has 0 aliphatic carbocycles. The molecule has 32 heavy (non-hydrogen) atoms. The first kappa shape index (κ1) is 24.3. The number of nitrogens with two attached hydrogens (primary N) is 1. The molecule has 0 aliphatic rings. The van der Waals surface area contributed by atoms with Crippen molar-refractivity contribution in [1.29, 1.82) is 0 Å². The summed E-state index contributed by atoms with van der Waals surface area (Å²) in [6.45, 7) is 0.584. The number of aliphatic hydroxyl groups excluding tert-OH is 1. The number of aromatic amines is 1. The number of carbonyl (C=O) groups is 1. The summed E-state index contributed by atoms with van der Waals surface area (Å²) in [5, 5.41) is 14.7. The maximum Gasteiger partial charge on any atom is 0.272 e. The number of nitrogen functional groups attached to an aromatic ring is 1. The Hall–Kier alpha value is -2.37. The van der Waals surface area contributed by atoms with Gasteiger partial charge in [0, 0.05) is 35.4 Å². The van der Waals surface area contributed by atoms with Gasteiger partial charge in [0.15, 0.2) is 17.3 Å². The molecule has 0 radical (unpaired) electrons. The Bertz CT molecular complexity index is 1110. The average molecular weight is 547 g/mol. The lowest BCUT2D eigenvalue weighted by Gasteiger charge is -2.13. The number of nitrogens with zero attached hydrogens (tertiary/aromatic N) is 1. The minimum Gasteiger partial charge on any atom is -0.453 e. The summed E-state index contributed by atoms with van der Waals surface area (Å²) in [5.74, 6) is -0.727. The van der Waals surface area contributed by atoms with Gasteiger partial charge in [-0.15, -0.1) is 0 Å². The number of amides is 1. The molecule has 170 valence electrons. The Kier molecular flexibility index (Phi) is 8.32. The van der Waals surface area contributed by atoms with Gasteiger partial charge >= 0.3 is 0 Å². The van der Waals surface area contributed by atoms with Gasteiger partial charge in [-0.25, -0.2) is 9.37 Å². The molecule has 2 aromatic carbocycles. The Morgan fingerprint density at radius 1 is 1.28 bits per heavy atom. The van der Waals surface area contributed by atoms with Gasteiger partial charge in [0.05, 0.1) is 18.2 Å². The zero-order chi connectivity index (χ0) is 23.3. The number of aromatic nitrogens is 2. The van der Waals surface area contributed by atoms with Gasteiger partial charge in [0.1, 0.15) is 16.2 Å². The van der Waals surface area contributed by atoms with Crippen molar-refractivity contribution in [3.63, 3.8) is 0 Å². The predicted molar refractivity (Wildman–Crippen MR) is 124 cm³/mol. The van der Waals surface area contributed by atoms with Gasteiger partial charge < -0.3 is 31.2 Å². The van der Waals surface area contributed by atoms with E-state index in [-0.39, 0.29) is 40.9 Å². The first-order valence-electron chi connectivity index (χ1n) is 9.33. The summed E-state index contributed by atoms with van der Waals surface area (Å²) in [4.78, 5) is 19.6. The number of benzene rings is 2. The Morgan fingerprint density at radius 2 is 2.06 bits per heavy atom. The Balaban J connectivity index is 1.71. The normalized spacial score (nSPS) is 10.9. The maximum atomic E-state index is 15.0. The van der Waals surface area contributed by atoms with Crippen molar-refractivity contribution in [1.82, 2.24) is 20.6 Å². The van der Waals surface area contributed by atoms with Gasteiger partial charge in [-0.05, 0) is 34.1 Å². The smallest absolute Gasteiger partial charge is 0.272 e. The van der Waals surface area contributed by atoms with E-state index in [4.69, 9.17) is 38.8 Å². The topological polar surface area (TPSA) is 125 Å². The molecule has 0 atom stereocenters. The fourth-order valence-electron chi connectivity index (χ4n) is 2.74. The highest BCUT2D eigenvalue weighted by Gasteiger charge is 2.19. The number of anilines is 1. The van der Waals surface area contributed by atoms with Crippen molar-refractivity contribution < 1.29 is 19.0 Å². The van der Waals surface area contributed by atoms with Crippen LogP contribution in [0.2, 0.25) is 10.0 Å². The lowest BCUT2D eigenvalue weighted by molar-refractivity contribution is 0.0945. The van der Waals surface area contributed by atoms with Crippen molar-refractivity contribution in [2.24, 2.45) is 0 Å². The third kappa shape index (κ3) is 6.11. The Labute approximate surface area is 201 Å². The second-order valence-electron chi connectivity index (χ2n) is 6.60. The molecule has 0 saturated carbocycles. The van der Waals surface area contributed by atoms with E-state index in [0.717, 1.165) is 0 Å². The van der Waals surface area contributed by atoms with Crippen LogP contribution in [0.3, 0.4) is 0 Å². The quantitative estimate of drug-likeness (QED) is 0.204. The number of H-pyrrole nitrogens is 1. The molecule has 1 heterocycles. The number of imidazole rings is 1.